The Morgan fingerprint density at radius 1 is 1.12 bits per heavy atom. The quantitative estimate of drug-likeness (QED) is 0.508. The summed E-state index contributed by atoms with van der Waals surface area (Å²) in [4.78, 5) is 41.3. The molecule has 3 heterocycles. The zero-order valence-electron chi connectivity index (χ0n) is 17.1. The van der Waals surface area contributed by atoms with Gasteiger partial charge in [0.2, 0.25) is 5.91 Å². The molecule has 0 bridgehead atoms. The highest BCUT2D eigenvalue weighted by Crippen LogP contribution is 2.34. The molecule has 1 saturated heterocycles. The molecule has 162 valence electrons. The first-order valence-electron chi connectivity index (χ1n) is 10.4. The average molecular weight is 431 g/mol. The van der Waals surface area contributed by atoms with E-state index < -0.39 is 6.09 Å². The predicted octanol–water partition coefficient (Wildman–Crippen LogP) is 3.24. The van der Waals surface area contributed by atoms with E-state index >= 15 is 0 Å². The van der Waals surface area contributed by atoms with Gasteiger partial charge in [0, 0.05) is 41.2 Å². The summed E-state index contributed by atoms with van der Waals surface area (Å²) in [5.74, 6) is -0.812. The highest BCUT2D eigenvalue weighted by atomic mass is 16.4. The Morgan fingerprint density at radius 3 is 2.59 bits per heavy atom. The van der Waals surface area contributed by atoms with Crippen LogP contribution in [0.4, 0.5) is 10.5 Å². The normalized spacial score (nSPS) is 16.0. The summed E-state index contributed by atoms with van der Waals surface area (Å²) in [5.41, 5.74) is 6.76. The molecule has 9 nitrogen and oxygen atoms in total. The Bertz CT molecular complexity index is 1260. The standard InChI is InChI=1S/C23H21N5O4/c29-21(14-6-8-28(9-7-14)23(31)32)25-15-10-16-19-17(12-24-27-22(16)30)20(26-18(19)11-15)13-4-2-1-3-5-13/h1-5,10-12,14,26H,6-9H2,(H,25,29)(H,27,30)(H,31,32). The van der Waals surface area contributed by atoms with Crippen molar-refractivity contribution >= 4 is 40.7 Å². The molecule has 0 aliphatic carbocycles. The molecule has 9 heteroatoms. The molecular weight excluding hydrogens is 410 g/mol. The zero-order valence-corrected chi connectivity index (χ0v) is 17.1. The van der Waals surface area contributed by atoms with Crippen molar-refractivity contribution in [3.05, 3.63) is 53.6 Å². The van der Waals surface area contributed by atoms with Crippen LogP contribution in [0, 0.1) is 5.92 Å². The molecule has 2 aliphatic rings. The third-order valence-corrected chi connectivity index (χ3v) is 6.01. The van der Waals surface area contributed by atoms with Crippen molar-refractivity contribution in [1.82, 2.24) is 15.3 Å². The first-order chi connectivity index (χ1) is 15.5. The van der Waals surface area contributed by atoms with E-state index in [2.05, 4.69) is 20.8 Å². The van der Waals surface area contributed by atoms with Crippen LogP contribution < -0.4 is 10.7 Å². The number of likely N-dealkylation sites (tertiary alicyclic amines) is 1. The number of carboxylic acid groups (broad SMARTS) is 1. The lowest BCUT2D eigenvalue weighted by atomic mass is 9.96. The summed E-state index contributed by atoms with van der Waals surface area (Å²) in [7, 11) is 0. The first kappa shape index (κ1) is 19.8. The number of hydrazone groups is 1. The van der Waals surface area contributed by atoms with Gasteiger partial charge in [-0.15, -0.1) is 0 Å². The second-order valence-corrected chi connectivity index (χ2v) is 7.96. The van der Waals surface area contributed by atoms with Crippen LogP contribution >= 0.6 is 0 Å². The van der Waals surface area contributed by atoms with Gasteiger partial charge in [-0.1, -0.05) is 30.3 Å². The van der Waals surface area contributed by atoms with Gasteiger partial charge in [0.05, 0.1) is 17.5 Å². The number of nitrogens with zero attached hydrogens (tertiary/aromatic N) is 2. The second-order valence-electron chi connectivity index (χ2n) is 7.96. The van der Waals surface area contributed by atoms with Gasteiger partial charge in [-0.2, -0.15) is 5.10 Å². The van der Waals surface area contributed by atoms with Gasteiger partial charge in [0.1, 0.15) is 0 Å². The van der Waals surface area contributed by atoms with Gasteiger partial charge >= 0.3 is 6.09 Å². The molecule has 1 aromatic heterocycles. The van der Waals surface area contributed by atoms with Crippen LogP contribution in [0.1, 0.15) is 28.8 Å². The number of amides is 3. The van der Waals surface area contributed by atoms with Crippen LogP contribution in [0.3, 0.4) is 0 Å². The van der Waals surface area contributed by atoms with Gasteiger partial charge in [-0.05, 0) is 30.5 Å². The number of nitrogens with one attached hydrogen (secondary N) is 3. The summed E-state index contributed by atoms with van der Waals surface area (Å²) in [6.07, 6.45) is 1.59. The maximum absolute atomic E-state index is 12.8. The van der Waals surface area contributed by atoms with Crippen molar-refractivity contribution in [3.63, 3.8) is 0 Å². The SMILES string of the molecule is O=C1NN=Cc2c(-c3ccccc3)[nH]c3cc(NC(=O)C4CCN(C(=O)O)CC4)cc1c23. The molecule has 0 unspecified atom stereocenters. The number of hydrogen-bond donors (Lipinski definition) is 4. The predicted molar refractivity (Wildman–Crippen MR) is 120 cm³/mol. The van der Waals surface area contributed by atoms with Crippen molar-refractivity contribution in [3.8, 4) is 11.3 Å². The van der Waals surface area contributed by atoms with E-state index in [4.69, 9.17) is 5.11 Å². The number of H-pyrrole nitrogens is 1. The molecule has 0 spiro atoms. The number of anilines is 1. The number of carbonyl (C=O) groups excluding carboxylic acids is 2. The lowest BCUT2D eigenvalue weighted by molar-refractivity contribution is -0.121. The largest absolute Gasteiger partial charge is 0.465 e. The minimum atomic E-state index is -0.963. The highest BCUT2D eigenvalue weighted by Gasteiger charge is 2.28. The van der Waals surface area contributed by atoms with Crippen LogP contribution in [-0.2, 0) is 4.79 Å². The Labute approximate surface area is 183 Å². The second kappa shape index (κ2) is 7.84. The summed E-state index contributed by atoms with van der Waals surface area (Å²) in [6.45, 7) is 0.662. The molecule has 0 atom stereocenters. The Morgan fingerprint density at radius 2 is 1.88 bits per heavy atom. The summed E-state index contributed by atoms with van der Waals surface area (Å²) in [5, 5.41) is 16.8. The van der Waals surface area contributed by atoms with Crippen molar-refractivity contribution in [1.29, 1.82) is 0 Å². The van der Waals surface area contributed by atoms with E-state index in [1.165, 1.54) is 4.90 Å². The third kappa shape index (κ3) is 3.47. The first-order valence-corrected chi connectivity index (χ1v) is 10.4. The molecule has 3 aromatic rings. The van der Waals surface area contributed by atoms with Crippen molar-refractivity contribution in [2.45, 2.75) is 12.8 Å². The Hall–Kier alpha value is -4.14. The smallest absolute Gasteiger partial charge is 0.407 e. The van der Waals surface area contributed by atoms with Gasteiger partial charge in [-0.25, -0.2) is 10.2 Å². The number of hydrogen-bond acceptors (Lipinski definition) is 4. The van der Waals surface area contributed by atoms with Crippen molar-refractivity contribution < 1.29 is 19.5 Å². The Kier molecular flexibility index (Phi) is 4.85. The molecule has 32 heavy (non-hydrogen) atoms. The van der Waals surface area contributed by atoms with E-state index in [1.54, 1.807) is 12.3 Å². The maximum Gasteiger partial charge on any atom is 0.407 e. The minimum absolute atomic E-state index is 0.179. The minimum Gasteiger partial charge on any atom is -0.465 e. The van der Waals surface area contributed by atoms with E-state index in [9.17, 15) is 14.4 Å². The number of aromatic amines is 1. The number of carbonyl (C=O) groups is 3. The molecule has 1 fully saturated rings. The fraction of sp³-hybridized carbons (Fsp3) is 0.217. The molecule has 0 radical (unpaired) electrons. The monoisotopic (exact) mass is 431 g/mol. The maximum atomic E-state index is 12.8. The van der Waals surface area contributed by atoms with Crippen molar-refractivity contribution in [2.24, 2.45) is 11.0 Å². The van der Waals surface area contributed by atoms with Crippen LogP contribution in [0.5, 0.6) is 0 Å². The lowest BCUT2D eigenvalue weighted by Crippen LogP contribution is -2.40. The molecular formula is C23H21N5O4. The highest BCUT2D eigenvalue weighted by molar-refractivity contribution is 6.18. The lowest BCUT2D eigenvalue weighted by Gasteiger charge is -2.29. The number of benzene rings is 2. The number of aromatic nitrogens is 1. The summed E-state index contributed by atoms with van der Waals surface area (Å²) >= 11 is 0. The number of piperidine rings is 1. The van der Waals surface area contributed by atoms with Gasteiger partial charge in [0.25, 0.3) is 5.91 Å². The summed E-state index contributed by atoms with van der Waals surface area (Å²) in [6, 6.07) is 13.2. The molecule has 2 aromatic carbocycles. The van der Waals surface area contributed by atoms with Gasteiger partial charge in [-0.3, -0.25) is 9.59 Å². The van der Waals surface area contributed by atoms with Crippen LogP contribution in [0.15, 0.2) is 47.6 Å². The number of rotatable bonds is 3. The van der Waals surface area contributed by atoms with Crippen LogP contribution in [0.2, 0.25) is 0 Å². The zero-order chi connectivity index (χ0) is 22.2. The molecule has 3 amide bonds. The van der Waals surface area contributed by atoms with E-state index in [-0.39, 0.29) is 17.7 Å². The van der Waals surface area contributed by atoms with Gasteiger partial charge in [0.15, 0.2) is 0 Å². The molecule has 5 rings (SSSR count). The molecule has 2 aliphatic heterocycles. The summed E-state index contributed by atoms with van der Waals surface area (Å²) < 4.78 is 0. The fourth-order valence-electron chi connectivity index (χ4n) is 4.36. The van der Waals surface area contributed by atoms with Crippen LogP contribution in [-0.4, -0.2) is 52.2 Å². The topological polar surface area (TPSA) is 127 Å². The van der Waals surface area contributed by atoms with Crippen molar-refractivity contribution in [2.75, 3.05) is 18.4 Å². The fourth-order valence-corrected chi connectivity index (χ4v) is 4.36. The van der Waals surface area contributed by atoms with Crippen LogP contribution in [0.25, 0.3) is 22.2 Å². The third-order valence-electron chi connectivity index (χ3n) is 6.01. The molecule has 4 N–H and O–H groups in total. The Balaban J connectivity index is 1.48. The molecule has 0 saturated carbocycles. The van der Waals surface area contributed by atoms with Gasteiger partial charge < -0.3 is 20.3 Å². The average Bonchev–Trinajstić information content (AvgIpc) is 3.08. The van der Waals surface area contributed by atoms with E-state index in [0.717, 1.165) is 27.7 Å². The van der Waals surface area contributed by atoms with E-state index in [1.807, 2.05) is 36.4 Å². The van der Waals surface area contributed by atoms with E-state index in [0.29, 0.717) is 37.2 Å².